The largest absolute Gasteiger partial charge is 0.423 e. The van der Waals surface area contributed by atoms with Crippen LogP contribution in [0.25, 0.3) is 0 Å². The number of hydrogen-bond donors (Lipinski definition) is 2. The first-order chi connectivity index (χ1) is 12.2. The Labute approximate surface area is 151 Å². The van der Waals surface area contributed by atoms with Gasteiger partial charge in [0.15, 0.2) is 5.11 Å². The third-order valence-corrected chi connectivity index (χ3v) is 3.42. The molecule has 0 radical (unpaired) electrons. The van der Waals surface area contributed by atoms with Crippen LogP contribution in [0, 0.1) is 10.1 Å². The minimum absolute atomic E-state index is 0.0384. The maximum atomic E-state index is 12.9. The molecule has 0 aliphatic heterocycles. The van der Waals surface area contributed by atoms with E-state index in [4.69, 9.17) is 12.2 Å². The van der Waals surface area contributed by atoms with Gasteiger partial charge in [-0.3, -0.25) is 14.9 Å². The number of hydrogen-bond acceptors (Lipinski definition) is 4. The summed E-state index contributed by atoms with van der Waals surface area (Å²) in [5.41, 5.74) is -1.87. The quantitative estimate of drug-likeness (QED) is 0.478. The van der Waals surface area contributed by atoms with Gasteiger partial charge in [-0.25, -0.2) is 0 Å². The zero-order valence-corrected chi connectivity index (χ0v) is 13.9. The van der Waals surface area contributed by atoms with E-state index in [1.807, 2.05) is 0 Å². The summed E-state index contributed by atoms with van der Waals surface area (Å²) in [6.07, 6.45) is -4.87. The van der Waals surface area contributed by atoms with Crippen molar-refractivity contribution in [1.29, 1.82) is 0 Å². The van der Waals surface area contributed by atoms with Crippen molar-refractivity contribution in [3.63, 3.8) is 0 Å². The molecule has 0 saturated carbocycles. The summed E-state index contributed by atoms with van der Waals surface area (Å²) < 4.78 is 38.8. The van der Waals surface area contributed by atoms with Crippen LogP contribution in [0.3, 0.4) is 0 Å². The molecule has 26 heavy (non-hydrogen) atoms. The zero-order chi connectivity index (χ0) is 19.3. The number of carbonyl (C=O) groups excluding carboxylic acids is 1. The topological polar surface area (TPSA) is 84.3 Å². The maximum absolute atomic E-state index is 12.9. The van der Waals surface area contributed by atoms with Crippen LogP contribution >= 0.6 is 12.2 Å². The van der Waals surface area contributed by atoms with Gasteiger partial charge in [0.2, 0.25) is 5.91 Å². The second-order valence-electron chi connectivity index (χ2n) is 5.15. The van der Waals surface area contributed by atoms with Crippen LogP contribution in [0.15, 0.2) is 48.5 Å². The minimum Gasteiger partial charge on any atom is -0.332 e. The van der Waals surface area contributed by atoms with E-state index in [1.54, 1.807) is 30.3 Å². The monoisotopic (exact) mass is 383 g/mol. The molecule has 2 aromatic rings. The third-order valence-electron chi connectivity index (χ3n) is 3.22. The molecular formula is C16H12F3N3O3S. The Hall–Kier alpha value is -3.01. The van der Waals surface area contributed by atoms with Crippen molar-refractivity contribution in [1.82, 2.24) is 5.32 Å². The van der Waals surface area contributed by atoms with Gasteiger partial charge in [0.1, 0.15) is 5.56 Å². The van der Waals surface area contributed by atoms with Crippen molar-refractivity contribution in [3.05, 3.63) is 69.8 Å². The Morgan fingerprint density at radius 3 is 2.38 bits per heavy atom. The molecule has 0 aliphatic carbocycles. The molecule has 2 aromatic carbocycles. The molecule has 10 heteroatoms. The molecule has 2 N–H and O–H groups in total. The van der Waals surface area contributed by atoms with Crippen molar-refractivity contribution in [3.8, 4) is 0 Å². The molecule has 6 nitrogen and oxygen atoms in total. The molecule has 0 spiro atoms. The van der Waals surface area contributed by atoms with E-state index in [0.717, 1.165) is 17.7 Å². The lowest BCUT2D eigenvalue weighted by molar-refractivity contribution is -0.388. The predicted octanol–water partition coefficient (Wildman–Crippen LogP) is 3.67. The fourth-order valence-corrected chi connectivity index (χ4v) is 2.35. The molecule has 0 atom stereocenters. The lowest BCUT2D eigenvalue weighted by atomic mass is 10.1. The van der Waals surface area contributed by atoms with Crippen molar-refractivity contribution in [2.75, 3.05) is 5.32 Å². The Morgan fingerprint density at radius 1 is 1.15 bits per heavy atom. The smallest absolute Gasteiger partial charge is 0.332 e. The number of amides is 1. The van der Waals surface area contributed by atoms with Gasteiger partial charge in [-0.2, -0.15) is 13.2 Å². The van der Waals surface area contributed by atoms with Crippen LogP contribution in [0.1, 0.15) is 11.1 Å². The summed E-state index contributed by atoms with van der Waals surface area (Å²) in [4.78, 5) is 21.5. The van der Waals surface area contributed by atoms with Crippen molar-refractivity contribution in [2.24, 2.45) is 0 Å². The first kappa shape index (κ1) is 19.3. The van der Waals surface area contributed by atoms with Gasteiger partial charge in [-0.1, -0.05) is 30.3 Å². The Bertz CT molecular complexity index is 842. The summed E-state index contributed by atoms with van der Waals surface area (Å²) in [5.74, 6) is -0.452. The normalized spacial score (nSPS) is 10.9. The van der Waals surface area contributed by atoms with E-state index in [2.05, 4.69) is 10.6 Å². The molecule has 0 heterocycles. The van der Waals surface area contributed by atoms with Gasteiger partial charge in [-0.05, 0) is 29.9 Å². The SMILES string of the molecule is O=C(Cc1ccccc1)NC(=S)Nc1ccc([N+](=O)[O-])c(C(F)(F)F)c1. The number of alkyl halides is 3. The zero-order valence-electron chi connectivity index (χ0n) is 13.0. The fraction of sp³-hybridized carbons (Fsp3) is 0.125. The van der Waals surface area contributed by atoms with E-state index >= 15 is 0 Å². The van der Waals surface area contributed by atoms with Gasteiger partial charge in [-0.15, -0.1) is 0 Å². The van der Waals surface area contributed by atoms with Crippen molar-refractivity contribution in [2.45, 2.75) is 12.6 Å². The van der Waals surface area contributed by atoms with E-state index in [9.17, 15) is 28.1 Å². The number of nitrogens with one attached hydrogen (secondary N) is 2. The van der Waals surface area contributed by atoms with E-state index in [1.165, 1.54) is 0 Å². The second kappa shape index (κ2) is 7.91. The highest BCUT2D eigenvalue weighted by molar-refractivity contribution is 7.80. The van der Waals surface area contributed by atoms with Crippen LogP contribution in [-0.4, -0.2) is 15.9 Å². The molecule has 0 bridgehead atoms. The molecular weight excluding hydrogens is 371 g/mol. The number of nitrogens with zero attached hydrogens (tertiary/aromatic N) is 1. The molecule has 2 rings (SSSR count). The number of nitro benzene ring substituents is 1. The number of anilines is 1. The predicted molar refractivity (Wildman–Crippen MR) is 92.6 cm³/mol. The third kappa shape index (κ3) is 5.24. The number of halogens is 3. The Morgan fingerprint density at radius 2 is 1.81 bits per heavy atom. The Kier molecular flexibility index (Phi) is 5.88. The number of benzene rings is 2. The van der Waals surface area contributed by atoms with Gasteiger partial charge < -0.3 is 10.6 Å². The molecule has 0 saturated heterocycles. The molecule has 0 unspecified atom stereocenters. The van der Waals surface area contributed by atoms with E-state index < -0.39 is 28.3 Å². The summed E-state index contributed by atoms with van der Waals surface area (Å²) in [6.45, 7) is 0. The molecule has 0 aliphatic rings. The standard InChI is InChI=1S/C16H12F3N3O3S/c17-16(18,19)12-9-11(6-7-13(12)22(24)25)20-15(26)21-14(23)8-10-4-2-1-3-5-10/h1-7,9H,8H2,(H2,20,21,23,26). The van der Waals surface area contributed by atoms with Gasteiger partial charge in [0, 0.05) is 11.8 Å². The van der Waals surface area contributed by atoms with Crippen LogP contribution < -0.4 is 10.6 Å². The molecule has 136 valence electrons. The highest BCUT2D eigenvalue weighted by Crippen LogP contribution is 2.37. The number of rotatable bonds is 4. The first-order valence-corrected chi connectivity index (χ1v) is 7.58. The van der Waals surface area contributed by atoms with Crippen molar-refractivity contribution >= 4 is 34.6 Å². The molecule has 0 aromatic heterocycles. The lowest BCUT2D eigenvalue weighted by Gasteiger charge is -2.12. The van der Waals surface area contributed by atoms with Crippen LogP contribution in [0.5, 0.6) is 0 Å². The average Bonchev–Trinajstić information content (AvgIpc) is 2.54. The van der Waals surface area contributed by atoms with Crippen molar-refractivity contribution < 1.29 is 22.9 Å². The number of carbonyl (C=O) groups is 1. The van der Waals surface area contributed by atoms with Gasteiger partial charge in [0.05, 0.1) is 11.3 Å². The second-order valence-corrected chi connectivity index (χ2v) is 5.56. The maximum Gasteiger partial charge on any atom is 0.423 e. The highest BCUT2D eigenvalue weighted by Gasteiger charge is 2.38. The summed E-state index contributed by atoms with van der Waals surface area (Å²) >= 11 is 4.89. The van der Waals surface area contributed by atoms with E-state index in [-0.39, 0.29) is 17.2 Å². The summed E-state index contributed by atoms with van der Waals surface area (Å²) in [5, 5.41) is 15.3. The van der Waals surface area contributed by atoms with Crippen LogP contribution in [-0.2, 0) is 17.4 Å². The van der Waals surface area contributed by atoms with Crippen LogP contribution in [0.4, 0.5) is 24.5 Å². The van der Waals surface area contributed by atoms with E-state index in [0.29, 0.717) is 6.07 Å². The first-order valence-electron chi connectivity index (χ1n) is 7.17. The number of nitro groups is 1. The number of thiocarbonyl (C=S) groups is 1. The lowest BCUT2D eigenvalue weighted by Crippen LogP contribution is -2.35. The fourth-order valence-electron chi connectivity index (χ4n) is 2.11. The average molecular weight is 383 g/mol. The molecule has 0 fully saturated rings. The summed E-state index contributed by atoms with van der Waals surface area (Å²) in [6, 6.07) is 11.1. The van der Waals surface area contributed by atoms with Gasteiger partial charge >= 0.3 is 6.18 Å². The molecule has 1 amide bonds. The highest BCUT2D eigenvalue weighted by atomic mass is 32.1. The minimum atomic E-state index is -4.90. The summed E-state index contributed by atoms with van der Waals surface area (Å²) in [7, 11) is 0. The Balaban J connectivity index is 2.07. The van der Waals surface area contributed by atoms with Crippen LogP contribution in [0.2, 0.25) is 0 Å². The van der Waals surface area contributed by atoms with Gasteiger partial charge in [0.25, 0.3) is 5.69 Å².